The SMILES string of the molecule is COc1ccc(C(C)=NC(C)c2ccc(OC)cc2)cc1. The van der Waals surface area contributed by atoms with Crippen molar-refractivity contribution in [3.8, 4) is 11.5 Å². The molecule has 0 saturated carbocycles. The van der Waals surface area contributed by atoms with Gasteiger partial charge in [0.2, 0.25) is 0 Å². The fourth-order valence-corrected chi connectivity index (χ4v) is 2.15. The molecule has 0 fully saturated rings. The first-order chi connectivity index (χ1) is 10.1. The Kier molecular flexibility index (Phi) is 4.99. The normalized spacial score (nSPS) is 12.9. The van der Waals surface area contributed by atoms with Gasteiger partial charge in [0, 0.05) is 5.71 Å². The first kappa shape index (κ1) is 15.1. The van der Waals surface area contributed by atoms with Gasteiger partial charge in [0.25, 0.3) is 0 Å². The molecule has 0 amide bonds. The topological polar surface area (TPSA) is 30.8 Å². The van der Waals surface area contributed by atoms with Gasteiger partial charge in [-0.2, -0.15) is 0 Å². The lowest BCUT2D eigenvalue weighted by Gasteiger charge is -2.10. The second-order valence-corrected chi connectivity index (χ2v) is 4.89. The summed E-state index contributed by atoms with van der Waals surface area (Å²) >= 11 is 0. The minimum atomic E-state index is 0.109. The lowest BCUT2D eigenvalue weighted by Crippen LogP contribution is -1.99. The van der Waals surface area contributed by atoms with E-state index in [1.165, 1.54) is 5.56 Å². The molecular weight excluding hydrogens is 262 g/mol. The zero-order valence-electron chi connectivity index (χ0n) is 13.0. The van der Waals surface area contributed by atoms with Crippen LogP contribution >= 0.6 is 0 Å². The molecule has 0 bridgehead atoms. The number of hydrogen-bond donors (Lipinski definition) is 0. The molecule has 21 heavy (non-hydrogen) atoms. The number of methoxy groups -OCH3 is 2. The third kappa shape index (κ3) is 3.85. The maximum atomic E-state index is 5.17. The Hall–Kier alpha value is -2.29. The van der Waals surface area contributed by atoms with Gasteiger partial charge in [0.15, 0.2) is 0 Å². The van der Waals surface area contributed by atoms with E-state index in [-0.39, 0.29) is 6.04 Å². The van der Waals surface area contributed by atoms with Crippen LogP contribution in [0.1, 0.15) is 31.0 Å². The highest BCUT2D eigenvalue weighted by Crippen LogP contribution is 2.21. The van der Waals surface area contributed by atoms with Gasteiger partial charge in [-0.3, -0.25) is 4.99 Å². The van der Waals surface area contributed by atoms with E-state index in [0.717, 1.165) is 22.8 Å². The Morgan fingerprint density at radius 2 is 1.33 bits per heavy atom. The summed E-state index contributed by atoms with van der Waals surface area (Å²) in [5, 5.41) is 0. The fourth-order valence-electron chi connectivity index (χ4n) is 2.15. The minimum absolute atomic E-state index is 0.109. The van der Waals surface area contributed by atoms with Crippen molar-refractivity contribution in [2.24, 2.45) is 4.99 Å². The third-order valence-corrected chi connectivity index (χ3v) is 3.49. The van der Waals surface area contributed by atoms with E-state index in [2.05, 4.69) is 6.92 Å². The van der Waals surface area contributed by atoms with Crippen LogP contribution in [0, 0.1) is 0 Å². The summed E-state index contributed by atoms with van der Waals surface area (Å²) in [6, 6.07) is 16.1. The standard InChI is InChI=1S/C18H21NO2/c1-13(15-5-9-17(20-3)10-6-15)19-14(2)16-7-11-18(21-4)12-8-16/h5-13H,1-4H3. The highest BCUT2D eigenvalue weighted by Gasteiger charge is 2.05. The number of rotatable bonds is 5. The number of nitrogens with zero attached hydrogens (tertiary/aromatic N) is 1. The van der Waals surface area contributed by atoms with Crippen LogP contribution in [0.15, 0.2) is 53.5 Å². The largest absolute Gasteiger partial charge is 0.497 e. The second-order valence-electron chi connectivity index (χ2n) is 4.89. The van der Waals surface area contributed by atoms with Gasteiger partial charge >= 0.3 is 0 Å². The highest BCUT2D eigenvalue weighted by molar-refractivity contribution is 5.98. The molecule has 3 nitrogen and oxygen atoms in total. The lowest BCUT2D eigenvalue weighted by atomic mass is 10.1. The van der Waals surface area contributed by atoms with Crippen LogP contribution in [0.4, 0.5) is 0 Å². The summed E-state index contributed by atoms with van der Waals surface area (Å²) in [6.07, 6.45) is 0. The van der Waals surface area contributed by atoms with E-state index in [1.54, 1.807) is 14.2 Å². The molecule has 2 aromatic carbocycles. The van der Waals surface area contributed by atoms with Crippen LogP contribution in [0.3, 0.4) is 0 Å². The van der Waals surface area contributed by atoms with Crippen molar-refractivity contribution in [2.45, 2.75) is 19.9 Å². The zero-order chi connectivity index (χ0) is 15.2. The third-order valence-electron chi connectivity index (χ3n) is 3.49. The fraction of sp³-hybridized carbons (Fsp3) is 0.278. The molecule has 0 aromatic heterocycles. The van der Waals surface area contributed by atoms with Gasteiger partial charge in [0.1, 0.15) is 11.5 Å². The van der Waals surface area contributed by atoms with Crippen LogP contribution in [0.2, 0.25) is 0 Å². The summed E-state index contributed by atoms with van der Waals surface area (Å²) in [6.45, 7) is 4.12. The monoisotopic (exact) mass is 283 g/mol. The predicted octanol–water partition coefficient (Wildman–Crippen LogP) is 4.27. The minimum Gasteiger partial charge on any atom is -0.497 e. The smallest absolute Gasteiger partial charge is 0.118 e. The molecular formula is C18H21NO2. The van der Waals surface area contributed by atoms with E-state index in [0.29, 0.717) is 0 Å². The number of hydrogen-bond acceptors (Lipinski definition) is 3. The number of aliphatic imine (C=N–C) groups is 1. The van der Waals surface area contributed by atoms with Crippen LogP contribution in [0.25, 0.3) is 0 Å². The van der Waals surface area contributed by atoms with Crippen LogP contribution in [-0.2, 0) is 0 Å². The first-order valence-electron chi connectivity index (χ1n) is 6.97. The van der Waals surface area contributed by atoms with Crippen LogP contribution in [0.5, 0.6) is 11.5 Å². The average molecular weight is 283 g/mol. The molecule has 0 spiro atoms. The summed E-state index contributed by atoms with van der Waals surface area (Å²) in [7, 11) is 3.34. The number of ether oxygens (including phenoxy) is 2. The van der Waals surface area contributed by atoms with Crippen molar-refractivity contribution in [1.82, 2.24) is 0 Å². The quantitative estimate of drug-likeness (QED) is 0.767. The van der Waals surface area contributed by atoms with Gasteiger partial charge < -0.3 is 9.47 Å². The van der Waals surface area contributed by atoms with Crippen molar-refractivity contribution < 1.29 is 9.47 Å². The summed E-state index contributed by atoms with van der Waals surface area (Å²) in [5.74, 6) is 1.72. The predicted molar refractivity (Wildman–Crippen MR) is 86.6 cm³/mol. The van der Waals surface area contributed by atoms with E-state index in [4.69, 9.17) is 14.5 Å². The van der Waals surface area contributed by atoms with Crippen molar-refractivity contribution >= 4 is 5.71 Å². The van der Waals surface area contributed by atoms with E-state index < -0.39 is 0 Å². The summed E-state index contributed by atoms with van der Waals surface area (Å²) in [5.41, 5.74) is 3.29. The van der Waals surface area contributed by atoms with E-state index in [9.17, 15) is 0 Å². The van der Waals surface area contributed by atoms with Gasteiger partial charge in [-0.25, -0.2) is 0 Å². The maximum absolute atomic E-state index is 5.17. The Morgan fingerprint density at radius 1 is 0.857 bits per heavy atom. The molecule has 3 heteroatoms. The Morgan fingerprint density at radius 3 is 1.81 bits per heavy atom. The van der Waals surface area contributed by atoms with E-state index in [1.807, 2.05) is 55.5 Å². The number of benzene rings is 2. The molecule has 0 saturated heterocycles. The molecule has 0 aliphatic carbocycles. The van der Waals surface area contributed by atoms with Gasteiger partial charge in [0.05, 0.1) is 20.3 Å². The van der Waals surface area contributed by atoms with Gasteiger partial charge in [-0.05, 0) is 61.4 Å². The molecule has 0 heterocycles. The first-order valence-corrected chi connectivity index (χ1v) is 6.97. The summed E-state index contributed by atoms with van der Waals surface area (Å²) < 4.78 is 10.3. The van der Waals surface area contributed by atoms with Gasteiger partial charge in [-0.15, -0.1) is 0 Å². The average Bonchev–Trinajstić information content (AvgIpc) is 2.55. The van der Waals surface area contributed by atoms with Crippen molar-refractivity contribution in [3.63, 3.8) is 0 Å². The second kappa shape index (κ2) is 6.93. The Labute approximate surface area is 126 Å². The molecule has 2 rings (SSSR count). The molecule has 0 aliphatic rings. The molecule has 110 valence electrons. The van der Waals surface area contributed by atoms with Crippen molar-refractivity contribution in [1.29, 1.82) is 0 Å². The highest BCUT2D eigenvalue weighted by atomic mass is 16.5. The van der Waals surface area contributed by atoms with Crippen molar-refractivity contribution in [3.05, 3.63) is 59.7 Å². The zero-order valence-corrected chi connectivity index (χ0v) is 13.0. The Balaban J connectivity index is 2.15. The molecule has 0 aliphatic heterocycles. The summed E-state index contributed by atoms with van der Waals surface area (Å²) in [4.78, 5) is 4.76. The molecule has 0 N–H and O–H groups in total. The molecule has 0 radical (unpaired) electrons. The van der Waals surface area contributed by atoms with Crippen LogP contribution < -0.4 is 9.47 Å². The Bertz CT molecular complexity index is 600. The molecule has 1 atom stereocenters. The van der Waals surface area contributed by atoms with Crippen molar-refractivity contribution in [2.75, 3.05) is 14.2 Å². The molecule has 1 unspecified atom stereocenters. The molecule has 2 aromatic rings. The maximum Gasteiger partial charge on any atom is 0.118 e. The lowest BCUT2D eigenvalue weighted by molar-refractivity contribution is 0.414. The van der Waals surface area contributed by atoms with Crippen LogP contribution in [-0.4, -0.2) is 19.9 Å². The van der Waals surface area contributed by atoms with Gasteiger partial charge in [-0.1, -0.05) is 12.1 Å². The van der Waals surface area contributed by atoms with E-state index >= 15 is 0 Å².